The first-order valence-electron chi connectivity index (χ1n) is 8.50. The highest BCUT2D eigenvalue weighted by Crippen LogP contribution is 2.24. The van der Waals surface area contributed by atoms with Crippen molar-refractivity contribution in [3.05, 3.63) is 64.2 Å². The number of likely N-dealkylation sites (tertiary alicyclic amines) is 1. The Balaban J connectivity index is 1.34. The Bertz CT molecular complexity index is 876. The Morgan fingerprint density at radius 1 is 1.15 bits per heavy atom. The fourth-order valence-corrected chi connectivity index (χ4v) is 6.19. The molecule has 3 aromatic rings. The molecule has 3 heterocycles. The van der Waals surface area contributed by atoms with Crippen LogP contribution in [0.15, 0.2) is 62.8 Å². The van der Waals surface area contributed by atoms with Gasteiger partial charge in [0.25, 0.3) is 0 Å². The minimum Gasteiger partial charge on any atom is -0.592 e. The van der Waals surface area contributed by atoms with Gasteiger partial charge in [-0.1, -0.05) is 39.8 Å². The van der Waals surface area contributed by atoms with E-state index in [0.29, 0.717) is 4.21 Å². The first kappa shape index (κ1) is 18.0. The van der Waals surface area contributed by atoms with Crippen LogP contribution >= 0.6 is 22.7 Å². The van der Waals surface area contributed by atoms with Crippen molar-refractivity contribution in [3.63, 3.8) is 0 Å². The van der Waals surface area contributed by atoms with Crippen LogP contribution in [-0.4, -0.2) is 28.6 Å². The molecule has 0 amide bonds. The molecule has 0 radical (unpaired) electrons. The summed E-state index contributed by atoms with van der Waals surface area (Å²) in [4.78, 5) is 2.31. The number of nitrogens with one attached hydrogen (secondary N) is 1. The molecule has 2 atom stereocenters. The van der Waals surface area contributed by atoms with Crippen LogP contribution in [0.2, 0.25) is 0 Å². The molecule has 26 heavy (non-hydrogen) atoms. The molecule has 1 N–H and O–H groups in total. The highest BCUT2D eigenvalue weighted by Gasteiger charge is 2.31. The third kappa shape index (κ3) is 4.14. The molecule has 4 nitrogen and oxygen atoms in total. The summed E-state index contributed by atoms with van der Waals surface area (Å²) in [7, 11) is -3.38. The Hall–Kier alpha value is -1.35. The summed E-state index contributed by atoms with van der Waals surface area (Å²) in [5, 5.41) is 6.03. The van der Waals surface area contributed by atoms with Gasteiger partial charge in [0.15, 0.2) is 10.4 Å². The van der Waals surface area contributed by atoms with E-state index < -0.39 is 10.4 Å². The second-order valence-corrected chi connectivity index (χ2v) is 10.2. The van der Waals surface area contributed by atoms with Gasteiger partial charge in [-0.05, 0) is 51.4 Å². The van der Waals surface area contributed by atoms with E-state index in [9.17, 15) is 8.76 Å². The fraction of sp³-hybridized carbons (Fsp3) is 0.263. The van der Waals surface area contributed by atoms with Gasteiger partial charge < -0.3 is 4.55 Å². The number of hydrogen-bond acceptors (Lipinski definition) is 5. The SMILES string of the molecule is O=[S+]([O-])(NC1CCN(Cc2ccc(-c3ccsc3)cc2)C1)c1cccs1. The lowest BCUT2D eigenvalue weighted by atomic mass is 10.1. The minimum atomic E-state index is -3.38. The molecule has 1 aromatic carbocycles. The van der Waals surface area contributed by atoms with Crippen molar-refractivity contribution in [1.29, 1.82) is 0 Å². The molecule has 4 rings (SSSR count). The maximum atomic E-state index is 12.3. The predicted molar refractivity (Wildman–Crippen MR) is 108 cm³/mol. The predicted octanol–water partition coefficient (Wildman–Crippen LogP) is 4.24. The van der Waals surface area contributed by atoms with E-state index in [4.69, 9.17) is 0 Å². The van der Waals surface area contributed by atoms with Crippen LogP contribution in [-0.2, 0) is 21.2 Å². The van der Waals surface area contributed by atoms with E-state index in [1.165, 1.54) is 28.0 Å². The van der Waals surface area contributed by atoms with Crippen molar-refractivity contribution in [2.75, 3.05) is 13.1 Å². The topological polar surface area (TPSA) is 55.4 Å². The lowest BCUT2D eigenvalue weighted by Crippen LogP contribution is -2.40. The molecule has 7 heteroatoms. The first-order valence-corrected chi connectivity index (χ1v) is 11.8. The van der Waals surface area contributed by atoms with Crippen LogP contribution in [0.25, 0.3) is 11.1 Å². The average molecular weight is 405 g/mol. The summed E-state index contributed by atoms with van der Waals surface area (Å²) >= 11 is 2.96. The second kappa shape index (κ2) is 7.72. The zero-order valence-electron chi connectivity index (χ0n) is 14.2. The summed E-state index contributed by atoms with van der Waals surface area (Å²) in [5.41, 5.74) is 3.74. The summed E-state index contributed by atoms with van der Waals surface area (Å²) in [6.45, 7) is 2.50. The van der Waals surface area contributed by atoms with Crippen molar-refractivity contribution in [1.82, 2.24) is 9.62 Å². The number of rotatable bonds is 6. The first-order chi connectivity index (χ1) is 12.6. The van der Waals surface area contributed by atoms with E-state index in [1.807, 2.05) is 0 Å². The maximum absolute atomic E-state index is 12.3. The molecule has 0 spiro atoms. The fourth-order valence-electron chi connectivity index (χ4n) is 3.26. The maximum Gasteiger partial charge on any atom is 0.228 e. The van der Waals surface area contributed by atoms with Crippen molar-refractivity contribution >= 4 is 33.1 Å². The molecule has 1 fully saturated rings. The van der Waals surface area contributed by atoms with Gasteiger partial charge in [0.05, 0.1) is 6.04 Å². The normalized spacial score (nSPS) is 20.3. The van der Waals surface area contributed by atoms with Crippen LogP contribution in [0.3, 0.4) is 0 Å². The van der Waals surface area contributed by atoms with Crippen LogP contribution < -0.4 is 4.72 Å². The molecular weight excluding hydrogens is 384 g/mol. The molecular formula is C19H20N2O2S3. The zero-order chi connectivity index (χ0) is 18.0. The van der Waals surface area contributed by atoms with Crippen LogP contribution in [0.1, 0.15) is 12.0 Å². The molecule has 1 saturated heterocycles. The highest BCUT2D eigenvalue weighted by atomic mass is 32.3. The molecule has 0 saturated carbocycles. The summed E-state index contributed by atoms with van der Waals surface area (Å²) in [6, 6.07) is 14.2. The lowest BCUT2D eigenvalue weighted by Gasteiger charge is -2.19. The van der Waals surface area contributed by atoms with Crippen molar-refractivity contribution in [3.8, 4) is 11.1 Å². The standard InChI is InChI=1S/C19H20N2O2S3/c22-26(23,19-2-1-10-25-19)20-18-7-9-21(13-18)12-15-3-5-16(6-4-15)17-8-11-24-14-17/h1-6,8,10-11,14,18H,7,9,12-13H2,(H-,20,22,23). The van der Waals surface area contributed by atoms with Crippen LogP contribution in [0.5, 0.6) is 0 Å². The zero-order valence-corrected chi connectivity index (χ0v) is 16.6. The third-order valence-electron chi connectivity index (χ3n) is 4.57. The minimum absolute atomic E-state index is 0.0211. The lowest BCUT2D eigenvalue weighted by molar-refractivity contribution is 0.323. The molecule has 2 aromatic heterocycles. The molecule has 0 aliphatic carbocycles. The number of hydrogen-bond donors (Lipinski definition) is 1. The van der Waals surface area contributed by atoms with E-state index in [-0.39, 0.29) is 6.04 Å². The van der Waals surface area contributed by atoms with Crippen molar-refractivity contribution in [2.45, 2.75) is 23.2 Å². The Kier molecular flexibility index (Phi) is 5.35. The van der Waals surface area contributed by atoms with E-state index in [0.717, 1.165) is 26.1 Å². The van der Waals surface area contributed by atoms with Crippen LogP contribution in [0, 0.1) is 0 Å². The third-order valence-corrected chi connectivity index (χ3v) is 8.17. The van der Waals surface area contributed by atoms with Gasteiger partial charge in [-0.15, -0.1) is 4.72 Å². The van der Waals surface area contributed by atoms with Gasteiger partial charge in [-0.2, -0.15) is 11.3 Å². The number of sulfonamides is 1. The van der Waals surface area contributed by atoms with Gasteiger partial charge in [0.1, 0.15) is 0 Å². The average Bonchev–Trinajstić information content (AvgIpc) is 3.38. The number of thiophene rings is 2. The van der Waals surface area contributed by atoms with Gasteiger partial charge >= 0.3 is 0 Å². The van der Waals surface area contributed by atoms with E-state index in [1.54, 1.807) is 28.8 Å². The van der Waals surface area contributed by atoms with E-state index >= 15 is 0 Å². The molecule has 0 bridgehead atoms. The Morgan fingerprint density at radius 3 is 2.69 bits per heavy atom. The highest BCUT2D eigenvalue weighted by molar-refractivity contribution is 7.97. The largest absolute Gasteiger partial charge is 0.592 e. The Morgan fingerprint density at radius 2 is 2.00 bits per heavy atom. The molecule has 2 unspecified atom stereocenters. The summed E-state index contributed by atoms with van der Waals surface area (Å²) < 4.78 is 27.9. The van der Waals surface area contributed by atoms with E-state index in [2.05, 4.69) is 50.7 Å². The van der Waals surface area contributed by atoms with Crippen LogP contribution in [0.4, 0.5) is 0 Å². The van der Waals surface area contributed by atoms with Gasteiger partial charge in [-0.3, -0.25) is 4.90 Å². The smallest absolute Gasteiger partial charge is 0.228 e. The van der Waals surface area contributed by atoms with Crippen molar-refractivity contribution < 1.29 is 8.76 Å². The summed E-state index contributed by atoms with van der Waals surface area (Å²) in [6.07, 6.45) is 0.845. The van der Waals surface area contributed by atoms with Gasteiger partial charge in [0, 0.05) is 25.7 Å². The second-order valence-electron chi connectivity index (χ2n) is 6.48. The molecule has 1 aliphatic rings. The van der Waals surface area contributed by atoms with Crippen molar-refractivity contribution in [2.24, 2.45) is 0 Å². The Labute approximate surface area is 162 Å². The number of benzene rings is 1. The number of nitrogens with zero attached hydrogens (tertiary/aromatic N) is 1. The monoisotopic (exact) mass is 404 g/mol. The summed E-state index contributed by atoms with van der Waals surface area (Å²) in [5.74, 6) is 0. The van der Waals surface area contributed by atoms with Gasteiger partial charge in [0.2, 0.25) is 4.21 Å². The van der Waals surface area contributed by atoms with Gasteiger partial charge in [-0.25, -0.2) is 0 Å². The molecule has 136 valence electrons. The quantitative estimate of drug-likeness (QED) is 0.625. The molecule has 1 aliphatic heterocycles.